The number of nitrogens with zero attached hydrogens (tertiary/aromatic N) is 5. The molecule has 0 unspecified atom stereocenters. The van der Waals surface area contributed by atoms with E-state index in [2.05, 4.69) is 10.1 Å². The van der Waals surface area contributed by atoms with Gasteiger partial charge in [0.25, 0.3) is 5.96 Å². The summed E-state index contributed by atoms with van der Waals surface area (Å²) in [6, 6.07) is 10.00. The zero-order valence-electron chi connectivity index (χ0n) is 12.9. The average molecular weight is 365 g/mol. The highest BCUT2D eigenvalue weighted by molar-refractivity contribution is 8.01. The maximum atomic E-state index is 10.7. The number of hydrogen-bond donors (Lipinski definition) is 0. The van der Waals surface area contributed by atoms with Gasteiger partial charge in [0.15, 0.2) is 9.37 Å². The van der Waals surface area contributed by atoms with Gasteiger partial charge in [-0.3, -0.25) is 0 Å². The van der Waals surface area contributed by atoms with Crippen LogP contribution >= 0.6 is 23.1 Å². The van der Waals surface area contributed by atoms with Crippen LogP contribution in [-0.2, 0) is 11.3 Å². The van der Waals surface area contributed by atoms with Crippen LogP contribution in [0, 0.1) is 10.1 Å². The Morgan fingerprint density at radius 3 is 2.96 bits per heavy atom. The van der Waals surface area contributed by atoms with Crippen molar-refractivity contribution in [3.8, 4) is 0 Å². The Labute approximate surface area is 146 Å². The van der Waals surface area contributed by atoms with Crippen LogP contribution in [0.2, 0.25) is 0 Å². The molecule has 2 aromatic rings. The maximum Gasteiger partial charge on any atom is 0.277 e. The number of thiazole rings is 1. The van der Waals surface area contributed by atoms with Gasteiger partial charge in [0, 0.05) is 23.0 Å². The molecule has 1 aromatic carbocycles. The number of guanidine groups is 1. The standard InChI is InChI=1S/C14H15N5O3S2/c1-17-9-22-10-18(13(17)16-19(20)21)8-12-7-15-14(24-12)23-11-5-3-2-4-6-11/h2-7H,8-10H2,1H3/b16-13-. The molecule has 1 saturated heterocycles. The summed E-state index contributed by atoms with van der Waals surface area (Å²) in [6.45, 7) is 1.00. The van der Waals surface area contributed by atoms with Crippen LogP contribution < -0.4 is 0 Å². The zero-order chi connectivity index (χ0) is 16.9. The normalized spacial score (nSPS) is 16.6. The lowest BCUT2D eigenvalue weighted by Crippen LogP contribution is -2.49. The van der Waals surface area contributed by atoms with Crippen molar-refractivity contribution in [2.75, 3.05) is 20.5 Å². The molecular weight excluding hydrogens is 350 g/mol. The minimum absolute atomic E-state index is 0.260. The van der Waals surface area contributed by atoms with Crippen molar-refractivity contribution in [1.82, 2.24) is 14.8 Å². The van der Waals surface area contributed by atoms with Crippen molar-refractivity contribution < 1.29 is 9.77 Å². The van der Waals surface area contributed by atoms with Gasteiger partial charge in [-0.05, 0) is 12.1 Å². The van der Waals surface area contributed by atoms with Gasteiger partial charge in [0.2, 0.25) is 0 Å². The molecule has 1 aliphatic rings. The number of rotatable bonds is 5. The molecule has 2 heterocycles. The summed E-state index contributed by atoms with van der Waals surface area (Å²) in [5.74, 6) is 0.289. The number of aromatic nitrogens is 1. The molecule has 0 bridgehead atoms. The topological polar surface area (TPSA) is 84.1 Å². The van der Waals surface area contributed by atoms with E-state index in [-0.39, 0.29) is 19.4 Å². The van der Waals surface area contributed by atoms with Crippen LogP contribution in [0.3, 0.4) is 0 Å². The Hall–Kier alpha value is -2.17. The van der Waals surface area contributed by atoms with Crippen LogP contribution in [0.25, 0.3) is 0 Å². The first-order valence-electron chi connectivity index (χ1n) is 7.06. The van der Waals surface area contributed by atoms with Gasteiger partial charge >= 0.3 is 0 Å². The van der Waals surface area contributed by atoms with Crippen molar-refractivity contribution in [3.05, 3.63) is 51.5 Å². The molecule has 24 heavy (non-hydrogen) atoms. The summed E-state index contributed by atoms with van der Waals surface area (Å²) in [6.07, 6.45) is 1.79. The van der Waals surface area contributed by atoms with Crippen molar-refractivity contribution in [1.29, 1.82) is 0 Å². The number of ether oxygens (including phenoxy) is 1. The van der Waals surface area contributed by atoms with E-state index in [4.69, 9.17) is 4.74 Å². The van der Waals surface area contributed by atoms with Crippen molar-refractivity contribution in [2.24, 2.45) is 5.10 Å². The Bertz CT molecular complexity index is 737. The number of nitro groups is 1. The van der Waals surface area contributed by atoms with Crippen LogP contribution in [-0.4, -0.2) is 46.3 Å². The van der Waals surface area contributed by atoms with Crippen molar-refractivity contribution in [2.45, 2.75) is 15.8 Å². The molecular formula is C14H15N5O3S2. The van der Waals surface area contributed by atoms with E-state index in [9.17, 15) is 10.1 Å². The zero-order valence-corrected chi connectivity index (χ0v) is 14.5. The predicted molar refractivity (Wildman–Crippen MR) is 91.2 cm³/mol. The van der Waals surface area contributed by atoms with E-state index < -0.39 is 5.03 Å². The third kappa shape index (κ3) is 4.22. The lowest BCUT2D eigenvalue weighted by atomic mass is 10.4. The monoisotopic (exact) mass is 365 g/mol. The van der Waals surface area contributed by atoms with Crippen molar-refractivity contribution in [3.63, 3.8) is 0 Å². The summed E-state index contributed by atoms with van der Waals surface area (Å²) in [5, 5.41) is 13.5. The van der Waals surface area contributed by atoms with Gasteiger partial charge in [-0.1, -0.05) is 30.0 Å². The molecule has 0 amide bonds. The van der Waals surface area contributed by atoms with Crippen LogP contribution in [0.5, 0.6) is 0 Å². The van der Waals surface area contributed by atoms with Crippen LogP contribution in [0.15, 0.2) is 50.9 Å². The quantitative estimate of drug-likeness (QED) is 0.594. The second-order valence-corrected chi connectivity index (χ2v) is 7.44. The number of hydrazone groups is 1. The maximum absolute atomic E-state index is 10.7. The van der Waals surface area contributed by atoms with E-state index in [1.807, 2.05) is 30.3 Å². The Kier molecular flexibility index (Phi) is 5.28. The van der Waals surface area contributed by atoms with E-state index >= 15 is 0 Å². The Morgan fingerprint density at radius 2 is 2.21 bits per heavy atom. The lowest BCUT2D eigenvalue weighted by molar-refractivity contribution is -0.486. The van der Waals surface area contributed by atoms with Crippen LogP contribution in [0.1, 0.15) is 4.88 Å². The second-order valence-electron chi connectivity index (χ2n) is 5.00. The van der Waals surface area contributed by atoms with E-state index in [1.165, 1.54) is 0 Å². The predicted octanol–water partition coefficient (Wildman–Crippen LogP) is 2.52. The summed E-state index contributed by atoms with van der Waals surface area (Å²) in [5.41, 5.74) is 0. The van der Waals surface area contributed by atoms with Gasteiger partial charge in [-0.15, -0.1) is 11.3 Å². The first kappa shape index (κ1) is 16.7. The minimum atomic E-state index is -0.687. The third-order valence-corrected chi connectivity index (χ3v) is 5.22. The molecule has 1 aliphatic heterocycles. The molecule has 3 rings (SSSR count). The molecule has 0 atom stereocenters. The van der Waals surface area contributed by atoms with Gasteiger partial charge in [-0.25, -0.2) is 15.1 Å². The molecule has 0 aliphatic carbocycles. The fourth-order valence-corrected chi connectivity index (χ4v) is 4.19. The first-order valence-corrected chi connectivity index (χ1v) is 8.69. The minimum Gasteiger partial charge on any atom is -0.341 e. The highest BCUT2D eigenvalue weighted by Gasteiger charge is 2.25. The van der Waals surface area contributed by atoms with Gasteiger partial charge in [0.1, 0.15) is 18.6 Å². The molecule has 0 radical (unpaired) electrons. The van der Waals surface area contributed by atoms with E-state index in [0.29, 0.717) is 6.54 Å². The molecule has 0 spiro atoms. The molecule has 1 aromatic heterocycles. The van der Waals surface area contributed by atoms with E-state index in [1.54, 1.807) is 46.1 Å². The molecule has 126 valence electrons. The summed E-state index contributed by atoms with van der Waals surface area (Å²) < 4.78 is 6.33. The number of hydrogen-bond acceptors (Lipinski definition) is 6. The average Bonchev–Trinajstić information content (AvgIpc) is 2.98. The molecule has 0 N–H and O–H groups in total. The first-order chi connectivity index (χ1) is 11.6. The fraction of sp³-hybridized carbons (Fsp3) is 0.286. The smallest absolute Gasteiger partial charge is 0.277 e. The van der Waals surface area contributed by atoms with Crippen LogP contribution in [0.4, 0.5) is 0 Å². The highest BCUT2D eigenvalue weighted by Crippen LogP contribution is 2.31. The molecule has 1 fully saturated rings. The SMILES string of the molecule is CN1COCN(Cc2cnc(Sc3ccccc3)s2)/C1=N\[N+](=O)[O-]. The summed E-state index contributed by atoms with van der Waals surface area (Å²) in [4.78, 5) is 20.6. The molecule has 10 heteroatoms. The van der Waals surface area contributed by atoms with E-state index in [0.717, 1.165) is 14.1 Å². The largest absolute Gasteiger partial charge is 0.341 e. The van der Waals surface area contributed by atoms with Gasteiger partial charge in [0.05, 0.1) is 6.54 Å². The second kappa shape index (κ2) is 7.60. The summed E-state index contributed by atoms with van der Waals surface area (Å²) >= 11 is 3.15. The Morgan fingerprint density at radius 1 is 1.42 bits per heavy atom. The molecule has 0 saturated carbocycles. The summed E-state index contributed by atoms with van der Waals surface area (Å²) in [7, 11) is 1.71. The van der Waals surface area contributed by atoms with Gasteiger partial charge in [-0.2, -0.15) is 0 Å². The fourth-order valence-electron chi connectivity index (χ4n) is 2.16. The lowest BCUT2D eigenvalue weighted by Gasteiger charge is -2.34. The number of benzene rings is 1. The Balaban J connectivity index is 1.70. The van der Waals surface area contributed by atoms with Gasteiger partial charge < -0.3 is 14.5 Å². The highest BCUT2D eigenvalue weighted by atomic mass is 32.2. The third-order valence-electron chi connectivity index (χ3n) is 3.15. The van der Waals surface area contributed by atoms with Crippen molar-refractivity contribution >= 4 is 29.1 Å². The molecule has 8 nitrogen and oxygen atoms in total.